The van der Waals surface area contributed by atoms with Crippen molar-refractivity contribution in [1.82, 2.24) is 0 Å². The lowest BCUT2D eigenvalue weighted by atomic mass is 9.98. The van der Waals surface area contributed by atoms with Crippen molar-refractivity contribution in [3.8, 4) is 0 Å². The molecule has 0 saturated heterocycles. The lowest BCUT2D eigenvalue weighted by Crippen LogP contribution is -2.04. The van der Waals surface area contributed by atoms with Gasteiger partial charge in [0.1, 0.15) is 5.82 Å². The predicted molar refractivity (Wildman–Crippen MR) is 70.8 cm³/mol. The van der Waals surface area contributed by atoms with E-state index in [1.807, 2.05) is 6.92 Å². The number of halogens is 2. The van der Waals surface area contributed by atoms with Crippen LogP contribution < -0.4 is 0 Å². The standard InChI is InChI=1S/C15H12ClFO/c1-9-3-4-11(8-14(9)16)15(18)13-6-5-12(17)7-10(13)2/h3-8H,1-2H3. The van der Waals surface area contributed by atoms with E-state index < -0.39 is 0 Å². The zero-order valence-corrected chi connectivity index (χ0v) is 10.9. The van der Waals surface area contributed by atoms with Crippen molar-refractivity contribution in [2.75, 3.05) is 0 Å². The molecule has 0 unspecified atom stereocenters. The fourth-order valence-corrected chi connectivity index (χ4v) is 1.95. The Hall–Kier alpha value is -1.67. The SMILES string of the molecule is Cc1ccc(C(=O)c2ccc(F)cc2C)cc1Cl. The number of hydrogen-bond acceptors (Lipinski definition) is 1. The van der Waals surface area contributed by atoms with Gasteiger partial charge in [0.15, 0.2) is 5.78 Å². The highest BCUT2D eigenvalue weighted by Gasteiger charge is 2.13. The van der Waals surface area contributed by atoms with Gasteiger partial charge in [-0.05, 0) is 49.2 Å². The molecule has 2 aromatic carbocycles. The second kappa shape index (κ2) is 4.91. The van der Waals surface area contributed by atoms with Gasteiger partial charge in [-0.15, -0.1) is 0 Å². The lowest BCUT2D eigenvalue weighted by molar-refractivity contribution is 0.103. The second-order valence-electron chi connectivity index (χ2n) is 4.25. The highest BCUT2D eigenvalue weighted by atomic mass is 35.5. The third-order valence-corrected chi connectivity index (χ3v) is 3.27. The molecule has 2 rings (SSSR count). The second-order valence-corrected chi connectivity index (χ2v) is 4.66. The van der Waals surface area contributed by atoms with Gasteiger partial charge in [0.2, 0.25) is 0 Å². The quantitative estimate of drug-likeness (QED) is 0.737. The molecule has 0 aromatic heterocycles. The molecule has 0 N–H and O–H groups in total. The largest absolute Gasteiger partial charge is 0.289 e. The van der Waals surface area contributed by atoms with Crippen molar-refractivity contribution in [2.24, 2.45) is 0 Å². The van der Waals surface area contributed by atoms with Gasteiger partial charge in [0.25, 0.3) is 0 Å². The number of carbonyl (C=O) groups excluding carboxylic acids is 1. The summed E-state index contributed by atoms with van der Waals surface area (Å²) in [6.07, 6.45) is 0. The van der Waals surface area contributed by atoms with E-state index in [1.165, 1.54) is 18.2 Å². The van der Waals surface area contributed by atoms with E-state index in [4.69, 9.17) is 11.6 Å². The van der Waals surface area contributed by atoms with Crippen molar-refractivity contribution < 1.29 is 9.18 Å². The van der Waals surface area contributed by atoms with Crippen LogP contribution in [0.5, 0.6) is 0 Å². The fourth-order valence-electron chi connectivity index (χ4n) is 1.77. The zero-order chi connectivity index (χ0) is 13.3. The fraction of sp³-hybridized carbons (Fsp3) is 0.133. The maximum atomic E-state index is 13.0. The molecule has 0 atom stereocenters. The Balaban J connectivity index is 2.44. The van der Waals surface area contributed by atoms with Gasteiger partial charge in [-0.1, -0.05) is 23.7 Å². The molecule has 1 nitrogen and oxygen atoms in total. The van der Waals surface area contributed by atoms with Crippen LogP contribution in [0.4, 0.5) is 4.39 Å². The number of aryl methyl sites for hydroxylation is 2. The zero-order valence-electron chi connectivity index (χ0n) is 10.1. The predicted octanol–water partition coefficient (Wildman–Crippen LogP) is 4.33. The smallest absolute Gasteiger partial charge is 0.193 e. The summed E-state index contributed by atoms with van der Waals surface area (Å²) in [4.78, 5) is 12.3. The average Bonchev–Trinajstić information content (AvgIpc) is 2.32. The van der Waals surface area contributed by atoms with Gasteiger partial charge in [0.05, 0.1) is 0 Å². The van der Waals surface area contributed by atoms with Gasteiger partial charge < -0.3 is 0 Å². The minimum Gasteiger partial charge on any atom is -0.289 e. The van der Waals surface area contributed by atoms with Gasteiger partial charge in [-0.3, -0.25) is 4.79 Å². The molecule has 0 fully saturated rings. The Morgan fingerprint density at radius 1 is 1.06 bits per heavy atom. The molecule has 2 aromatic rings. The molecule has 0 saturated carbocycles. The van der Waals surface area contributed by atoms with Crippen LogP contribution in [0.2, 0.25) is 5.02 Å². The Labute approximate surface area is 110 Å². The number of carbonyl (C=O) groups is 1. The van der Waals surface area contributed by atoms with Crippen LogP contribution in [0.1, 0.15) is 27.0 Å². The van der Waals surface area contributed by atoms with Crippen LogP contribution in [-0.2, 0) is 0 Å². The molecule has 92 valence electrons. The first-order chi connectivity index (χ1) is 8.49. The van der Waals surface area contributed by atoms with E-state index in [1.54, 1.807) is 25.1 Å². The molecule has 3 heteroatoms. The highest BCUT2D eigenvalue weighted by Crippen LogP contribution is 2.20. The maximum Gasteiger partial charge on any atom is 0.193 e. The summed E-state index contributed by atoms with van der Waals surface area (Å²) in [5.74, 6) is -0.486. The van der Waals surface area contributed by atoms with Crippen molar-refractivity contribution in [1.29, 1.82) is 0 Å². The molecule has 0 spiro atoms. The van der Waals surface area contributed by atoms with E-state index >= 15 is 0 Å². The summed E-state index contributed by atoms with van der Waals surface area (Å²) < 4.78 is 13.0. The highest BCUT2D eigenvalue weighted by molar-refractivity contribution is 6.31. The van der Waals surface area contributed by atoms with Crippen LogP contribution in [0.15, 0.2) is 36.4 Å². The summed E-state index contributed by atoms with van der Waals surface area (Å²) in [6.45, 7) is 3.59. The minimum atomic E-state index is -0.342. The molecule has 0 aliphatic carbocycles. The van der Waals surface area contributed by atoms with Crippen LogP contribution in [-0.4, -0.2) is 5.78 Å². The van der Waals surface area contributed by atoms with E-state index in [0.29, 0.717) is 21.7 Å². The first-order valence-corrected chi connectivity index (χ1v) is 5.94. The van der Waals surface area contributed by atoms with Crippen molar-refractivity contribution in [2.45, 2.75) is 13.8 Å². The third kappa shape index (κ3) is 2.44. The summed E-state index contributed by atoms with van der Waals surface area (Å²) >= 11 is 6.00. The molecule has 0 amide bonds. The number of benzene rings is 2. The van der Waals surface area contributed by atoms with E-state index in [-0.39, 0.29) is 11.6 Å². The van der Waals surface area contributed by atoms with Crippen LogP contribution in [0, 0.1) is 19.7 Å². The van der Waals surface area contributed by atoms with Crippen LogP contribution in [0.25, 0.3) is 0 Å². The average molecular weight is 263 g/mol. The molecular weight excluding hydrogens is 251 g/mol. The summed E-state index contributed by atoms with van der Waals surface area (Å²) in [7, 11) is 0. The maximum absolute atomic E-state index is 13.0. The Kier molecular flexibility index (Phi) is 3.48. The summed E-state index contributed by atoms with van der Waals surface area (Å²) in [6, 6.07) is 9.31. The summed E-state index contributed by atoms with van der Waals surface area (Å²) in [5.41, 5.74) is 2.55. The molecule has 0 aliphatic heterocycles. The molecule has 0 aliphatic rings. The van der Waals surface area contributed by atoms with E-state index in [2.05, 4.69) is 0 Å². The van der Waals surface area contributed by atoms with E-state index in [9.17, 15) is 9.18 Å². The minimum absolute atomic E-state index is 0.144. The van der Waals surface area contributed by atoms with Gasteiger partial charge >= 0.3 is 0 Å². The molecule has 0 bridgehead atoms. The number of ketones is 1. The monoisotopic (exact) mass is 262 g/mol. The van der Waals surface area contributed by atoms with Gasteiger partial charge in [0, 0.05) is 16.1 Å². The number of rotatable bonds is 2. The Morgan fingerprint density at radius 3 is 2.39 bits per heavy atom. The lowest BCUT2D eigenvalue weighted by Gasteiger charge is -2.06. The molecule has 0 heterocycles. The Bertz CT molecular complexity index is 620. The molecule has 18 heavy (non-hydrogen) atoms. The normalized spacial score (nSPS) is 10.4. The first-order valence-electron chi connectivity index (χ1n) is 5.56. The van der Waals surface area contributed by atoms with Gasteiger partial charge in [-0.25, -0.2) is 4.39 Å². The van der Waals surface area contributed by atoms with Crippen molar-refractivity contribution in [3.63, 3.8) is 0 Å². The molecular formula is C15H12ClFO. The van der Waals surface area contributed by atoms with Crippen molar-refractivity contribution >= 4 is 17.4 Å². The van der Waals surface area contributed by atoms with E-state index in [0.717, 1.165) is 5.56 Å². The molecule has 0 radical (unpaired) electrons. The summed E-state index contributed by atoms with van der Waals surface area (Å²) in [5, 5.41) is 0.556. The van der Waals surface area contributed by atoms with Crippen LogP contribution in [0.3, 0.4) is 0 Å². The van der Waals surface area contributed by atoms with Crippen LogP contribution >= 0.6 is 11.6 Å². The van der Waals surface area contributed by atoms with Gasteiger partial charge in [-0.2, -0.15) is 0 Å². The Morgan fingerprint density at radius 2 is 1.78 bits per heavy atom. The first kappa shape index (κ1) is 12.8. The topological polar surface area (TPSA) is 17.1 Å². The third-order valence-electron chi connectivity index (χ3n) is 2.87. The number of hydrogen-bond donors (Lipinski definition) is 0. The van der Waals surface area contributed by atoms with Crippen molar-refractivity contribution in [3.05, 3.63) is 69.5 Å².